The van der Waals surface area contributed by atoms with Crippen molar-refractivity contribution in [2.45, 2.75) is 265 Å². The van der Waals surface area contributed by atoms with Crippen LogP contribution in [0, 0.1) is 5.92 Å². The van der Waals surface area contributed by atoms with E-state index in [9.17, 15) is 4.79 Å². The Morgan fingerprint density at radius 3 is 0.891 bits per heavy atom. The largest absolute Gasteiger partial charge is 0.465 e. The highest BCUT2D eigenvalue weighted by Crippen LogP contribution is 2.20. The second-order valence-corrected chi connectivity index (χ2v) is 15.2. The van der Waals surface area contributed by atoms with Gasteiger partial charge in [-0.15, -0.1) is 0 Å². The van der Waals surface area contributed by atoms with Gasteiger partial charge in [0.05, 0.1) is 6.61 Å². The highest BCUT2D eigenvalue weighted by Gasteiger charge is 2.12. The van der Waals surface area contributed by atoms with Crippen molar-refractivity contribution in [3.63, 3.8) is 0 Å². The van der Waals surface area contributed by atoms with Gasteiger partial charge < -0.3 is 4.74 Å². The number of carbonyl (C=O) groups excluding carboxylic acids is 1. The first-order chi connectivity index (χ1) is 22.7. The lowest BCUT2D eigenvalue weighted by Gasteiger charge is -2.17. The first-order valence-electron chi connectivity index (χ1n) is 21.9. The molecule has 0 bridgehead atoms. The summed E-state index contributed by atoms with van der Waals surface area (Å²) in [6.07, 6.45) is 51.7. The van der Waals surface area contributed by atoms with Gasteiger partial charge in [-0.05, 0) is 25.2 Å². The van der Waals surface area contributed by atoms with Gasteiger partial charge in [-0.1, -0.05) is 239 Å². The second kappa shape index (κ2) is 40.6. The molecule has 1 unspecified atom stereocenters. The molecular weight excluding hydrogens is 560 g/mol. The Morgan fingerprint density at radius 2 is 0.587 bits per heavy atom. The molecule has 276 valence electrons. The maximum atomic E-state index is 12.4. The van der Waals surface area contributed by atoms with Crippen LogP contribution in [0.25, 0.3) is 0 Å². The molecule has 0 heterocycles. The summed E-state index contributed by atoms with van der Waals surface area (Å²) in [7, 11) is 0. The molecule has 0 aromatic rings. The van der Waals surface area contributed by atoms with Crippen LogP contribution in [0.4, 0.5) is 0 Å². The quantitative estimate of drug-likeness (QED) is 0.0488. The molecule has 2 nitrogen and oxygen atoms in total. The number of hydrogen-bond donors (Lipinski definition) is 0. The molecule has 0 spiro atoms. The summed E-state index contributed by atoms with van der Waals surface area (Å²) in [5, 5.41) is 0. The van der Waals surface area contributed by atoms with Gasteiger partial charge in [0.15, 0.2) is 0 Å². The molecule has 0 rings (SSSR count). The van der Waals surface area contributed by atoms with E-state index >= 15 is 0 Å². The van der Waals surface area contributed by atoms with E-state index in [0.29, 0.717) is 18.9 Å². The molecular formula is C44H88O2. The monoisotopic (exact) mass is 649 g/mol. The van der Waals surface area contributed by atoms with Gasteiger partial charge in [0, 0.05) is 6.42 Å². The van der Waals surface area contributed by atoms with Crippen LogP contribution in [0.5, 0.6) is 0 Å². The van der Waals surface area contributed by atoms with Crippen LogP contribution >= 0.6 is 0 Å². The summed E-state index contributed by atoms with van der Waals surface area (Å²) in [5.74, 6) is 0.631. The second-order valence-electron chi connectivity index (χ2n) is 15.2. The van der Waals surface area contributed by atoms with E-state index in [-0.39, 0.29) is 5.97 Å². The van der Waals surface area contributed by atoms with E-state index in [2.05, 4.69) is 20.8 Å². The van der Waals surface area contributed by atoms with Crippen LogP contribution in [-0.4, -0.2) is 12.6 Å². The van der Waals surface area contributed by atoms with Crippen molar-refractivity contribution < 1.29 is 9.53 Å². The number of ether oxygens (including phenoxy) is 1. The zero-order valence-electron chi connectivity index (χ0n) is 32.5. The average molecular weight is 649 g/mol. The number of esters is 1. The molecule has 0 aliphatic carbocycles. The fourth-order valence-electron chi connectivity index (χ4n) is 7.08. The predicted molar refractivity (Wildman–Crippen MR) is 207 cm³/mol. The molecule has 2 heteroatoms. The molecule has 0 aromatic heterocycles. The normalized spacial score (nSPS) is 12.2. The van der Waals surface area contributed by atoms with E-state index in [1.807, 2.05) is 0 Å². The first-order valence-corrected chi connectivity index (χ1v) is 21.9. The van der Waals surface area contributed by atoms with E-state index < -0.39 is 0 Å². The lowest BCUT2D eigenvalue weighted by molar-refractivity contribution is -0.145. The fourth-order valence-corrected chi connectivity index (χ4v) is 7.08. The van der Waals surface area contributed by atoms with Gasteiger partial charge in [0.25, 0.3) is 0 Å². The van der Waals surface area contributed by atoms with Crippen molar-refractivity contribution in [3.05, 3.63) is 0 Å². The summed E-state index contributed by atoms with van der Waals surface area (Å²) in [6, 6.07) is 0. The first kappa shape index (κ1) is 45.5. The van der Waals surface area contributed by atoms with Gasteiger partial charge in [-0.25, -0.2) is 0 Å². The van der Waals surface area contributed by atoms with Crippen molar-refractivity contribution >= 4 is 5.97 Å². The number of unbranched alkanes of at least 4 members (excludes halogenated alkanes) is 32. The van der Waals surface area contributed by atoms with Crippen molar-refractivity contribution in [1.82, 2.24) is 0 Å². The zero-order chi connectivity index (χ0) is 33.4. The summed E-state index contributed by atoms with van der Waals surface area (Å²) in [5.41, 5.74) is 0. The van der Waals surface area contributed by atoms with Gasteiger partial charge >= 0.3 is 5.97 Å². The lowest BCUT2D eigenvalue weighted by atomic mass is 9.95. The van der Waals surface area contributed by atoms with Crippen molar-refractivity contribution in [2.75, 3.05) is 6.61 Å². The Morgan fingerprint density at radius 1 is 0.348 bits per heavy atom. The third kappa shape index (κ3) is 37.9. The number of hydrogen-bond acceptors (Lipinski definition) is 2. The van der Waals surface area contributed by atoms with Gasteiger partial charge in [0.1, 0.15) is 0 Å². The topological polar surface area (TPSA) is 26.3 Å². The standard InChI is InChI=1S/C44H88O2/c1-4-7-10-13-15-16-17-18-19-20-21-22-23-24-25-26-27-28-29-30-31-32-33-35-38-41-44(45)46-42-43(39-36-12-9-6-3)40-37-34-14-11-8-5-2/h43H,4-42H2,1-3H3. The fraction of sp³-hybridized carbons (Fsp3) is 0.977. The Bertz CT molecular complexity index is 558. The highest BCUT2D eigenvalue weighted by molar-refractivity contribution is 5.69. The summed E-state index contributed by atoms with van der Waals surface area (Å²) in [4.78, 5) is 12.4. The molecule has 0 N–H and O–H groups in total. The Labute approximate surface area is 292 Å². The Balaban J connectivity index is 3.46. The Hall–Kier alpha value is -0.530. The van der Waals surface area contributed by atoms with Crippen LogP contribution < -0.4 is 0 Å². The van der Waals surface area contributed by atoms with Crippen molar-refractivity contribution in [2.24, 2.45) is 5.92 Å². The molecule has 1 atom stereocenters. The molecule has 0 amide bonds. The van der Waals surface area contributed by atoms with E-state index in [1.165, 1.54) is 231 Å². The van der Waals surface area contributed by atoms with E-state index in [1.54, 1.807) is 0 Å². The minimum atomic E-state index is 0.0515. The maximum Gasteiger partial charge on any atom is 0.305 e. The van der Waals surface area contributed by atoms with Crippen LogP contribution in [0.3, 0.4) is 0 Å². The smallest absolute Gasteiger partial charge is 0.305 e. The average Bonchev–Trinajstić information content (AvgIpc) is 3.06. The molecule has 0 aliphatic heterocycles. The van der Waals surface area contributed by atoms with Crippen LogP contribution in [-0.2, 0) is 9.53 Å². The number of carbonyl (C=O) groups is 1. The highest BCUT2D eigenvalue weighted by atomic mass is 16.5. The van der Waals surface area contributed by atoms with Crippen LogP contribution in [0.15, 0.2) is 0 Å². The molecule has 0 saturated heterocycles. The molecule has 46 heavy (non-hydrogen) atoms. The zero-order valence-corrected chi connectivity index (χ0v) is 32.5. The lowest BCUT2D eigenvalue weighted by Crippen LogP contribution is -2.14. The summed E-state index contributed by atoms with van der Waals surface area (Å²) >= 11 is 0. The third-order valence-electron chi connectivity index (χ3n) is 10.4. The molecule has 0 aliphatic rings. The minimum Gasteiger partial charge on any atom is -0.465 e. The van der Waals surface area contributed by atoms with Crippen LogP contribution in [0.2, 0.25) is 0 Å². The predicted octanol–water partition coefficient (Wildman–Crippen LogP) is 16.0. The maximum absolute atomic E-state index is 12.4. The van der Waals surface area contributed by atoms with Gasteiger partial charge in [-0.3, -0.25) is 4.79 Å². The van der Waals surface area contributed by atoms with Crippen LogP contribution in [0.1, 0.15) is 265 Å². The minimum absolute atomic E-state index is 0.0515. The SMILES string of the molecule is CCCCCCCCCCCCCCCCCCCCCCCCCCCC(=O)OCC(CCCCCC)CCCCCCCC. The molecule has 0 fully saturated rings. The summed E-state index contributed by atoms with van der Waals surface area (Å²) in [6.45, 7) is 7.53. The Kier molecular flexibility index (Phi) is 40.2. The molecule has 0 aromatic carbocycles. The number of rotatable bonds is 40. The summed E-state index contributed by atoms with van der Waals surface area (Å²) < 4.78 is 5.77. The van der Waals surface area contributed by atoms with Crippen molar-refractivity contribution in [1.29, 1.82) is 0 Å². The third-order valence-corrected chi connectivity index (χ3v) is 10.4. The van der Waals surface area contributed by atoms with E-state index in [4.69, 9.17) is 4.74 Å². The van der Waals surface area contributed by atoms with Gasteiger partial charge in [-0.2, -0.15) is 0 Å². The molecule has 0 radical (unpaired) electrons. The van der Waals surface area contributed by atoms with E-state index in [0.717, 1.165) is 6.42 Å². The van der Waals surface area contributed by atoms with Crippen molar-refractivity contribution in [3.8, 4) is 0 Å². The molecule has 0 saturated carbocycles. The van der Waals surface area contributed by atoms with Gasteiger partial charge in [0.2, 0.25) is 0 Å².